The van der Waals surface area contributed by atoms with Gasteiger partial charge in [0.15, 0.2) is 0 Å². The Hall–Kier alpha value is -2.17. The van der Waals surface area contributed by atoms with Crippen molar-refractivity contribution in [2.24, 2.45) is 0 Å². The van der Waals surface area contributed by atoms with Crippen molar-refractivity contribution in [1.29, 1.82) is 0 Å². The maximum absolute atomic E-state index is 6.20. The second-order valence-electron chi connectivity index (χ2n) is 7.21. The van der Waals surface area contributed by atoms with E-state index in [1.807, 2.05) is 47.1 Å². The van der Waals surface area contributed by atoms with E-state index >= 15 is 0 Å². The fraction of sp³-hybridized carbons (Fsp3) is 0.348. The first-order valence-electron chi connectivity index (χ1n) is 9.90. The first-order valence-corrected chi connectivity index (χ1v) is 10.3. The minimum absolute atomic E-state index is 0. The Bertz CT molecular complexity index is 942. The number of hydrogen-bond acceptors (Lipinski definition) is 3. The van der Waals surface area contributed by atoms with Crippen molar-refractivity contribution in [3.63, 3.8) is 0 Å². The highest BCUT2D eigenvalue weighted by Gasteiger charge is 2.22. The molecule has 1 aliphatic rings. The van der Waals surface area contributed by atoms with Crippen LogP contribution in [-0.4, -0.2) is 15.9 Å². The van der Waals surface area contributed by atoms with Crippen molar-refractivity contribution in [2.75, 3.05) is 0 Å². The highest BCUT2D eigenvalue weighted by molar-refractivity contribution is 6.30. The predicted octanol–water partition coefficient (Wildman–Crippen LogP) is 5.88. The average Bonchev–Trinajstić information content (AvgIpc) is 3.08. The summed E-state index contributed by atoms with van der Waals surface area (Å²) in [6.45, 7) is 3.31. The van der Waals surface area contributed by atoms with Gasteiger partial charge >= 0.3 is 0 Å². The maximum Gasteiger partial charge on any atom is 0.212 e. The van der Waals surface area contributed by atoms with E-state index in [2.05, 4.69) is 19.1 Å². The van der Waals surface area contributed by atoms with Crippen LogP contribution in [0, 0.1) is 0 Å². The first kappa shape index (κ1) is 21.5. The summed E-state index contributed by atoms with van der Waals surface area (Å²) in [5.41, 5.74) is 3.38. The summed E-state index contributed by atoms with van der Waals surface area (Å²) in [5, 5.41) is 5.48. The molecule has 0 fully saturated rings. The maximum atomic E-state index is 6.20. The lowest BCUT2D eigenvalue weighted by molar-refractivity contribution is 0.141. The number of nitrogens with zero attached hydrogens (tertiary/aromatic N) is 2. The summed E-state index contributed by atoms with van der Waals surface area (Å²) < 4.78 is 14.3. The van der Waals surface area contributed by atoms with E-state index in [0.717, 1.165) is 53.6 Å². The number of halogens is 2. The lowest BCUT2D eigenvalue weighted by Crippen LogP contribution is -2.28. The molecule has 1 aromatic heterocycles. The van der Waals surface area contributed by atoms with Gasteiger partial charge < -0.3 is 9.47 Å². The van der Waals surface area contributed by atoms with Gasteiger partial charge in [0.1, 0.15) is 18.5 Å². The van der Waals surface area contributed by atoms with Crippen LogP contribution in [0.25, 0.3) is 0 Å². The molecule has 0 amide bonds. The molecule has 0 saturated heterocycles. The average molecular weight is 433 g/mol. The number of aromatic nitrogens is 2. The molecule has 2 heterocycles. The van der Waals surface area contributed by atoms with Crippen LogP contribution in [0.3, 0.4) is 0 Å². The third kappa shape index (κ3) is 5.46. The number of fused-ring (bicyclic) bond motifs is 1. The molecule has 6 heteroatoms. The van der Waals surface area contributed by atoms with Gasteiger partial charge in [-0.15, -0.1) is 12.4 Å². The van der Waals surface area contributed by atoms with Gasteiger partial charge in [0.05, 0.1) is 12.2 Å². The standard InChI is InChI=1S/C23H25ClN2O2.ClH/c1-2-6-20-14-23(27-16-17-7-5-9-19(24)13-17)26(25-20)15-21-12-11-18-8-3-4-10-22(18)28-21;/h3-5,7-10,13-14,21H,2,6,11-12,15-16H2,1H3;1H. The fourth-order valence-corrected chi connectivity index (χ4v) is 3.77. The summed E-state index contributed by atoms with van der Waals surface area (Å²) in [6.07, 6.45) is 4.10. The molecule has 1 aliphatic heterocycles. The van der Waals surface area contributed by atoms with Crippen molar-refractivity contribution in [2.45, 2.75) is 51.9 Å². The van der Waals surface area contributed by atoms with Gasteiger partial charge in [-0.3, -0.25) is 0 Å². The fourth-order valence-electron chi connectivity index (χ4n) is 3.56. The summed E-state index contributed by atoms with van der Waals surface area (Å²) in [7, 11) is 0. The molecule has 4 rings (SSSR count). The minimum atomic E-state index is 0. The number of para-hydroxylation sites is 1. The van der Waals surface area contributed by atoms with E-state index in [0.29, 0.717) is 13.2 Å². The van der Waals surface area contributed by atoms with Crippen molar-refractivity contribution in [3.05, 3.63) is 76.4 Å². The van der Waals surface area contributed by atoms with Gasteiger partial charge in [0.25, 0.3) is 0 Å². The summed E-state index contributed by atoms with van der Waals surface area (Å²) >= 11 is 6.08. The Morgan fingerprint density at radius 1 is 1.17 bits per heavy atom. The van der Waals surface area contributed by atoms with E-state index in [1.165, 1.54) is 5.56 Å². The van der Waals surface area contributed by atoms with E-state index in [9.17, 15) is 0 Å². The first-order chi connectivity index (χ1) is 13.7. The van der Waals surface area contributed by atoms with E-state index in [-0.39, 0.29) is 18.5 Å². The number of aryl methyl sites for hydroxylation is 2. The van der Waals surface area contributed by atoms with E-state index < -0.39 is 0 Å². The highest BCUT2D eigenvalue weighted by Crippen LogP contribution is 2.28. The number of rotatable bonds is 7. The molecule has 3 aromatic rings. The van der Waals surface area contributed by atoms with Gasteiger partial charge in [-0.05, 0) is 48.6 Å². The normalized spacial score (nSPS) is 15.2. The molecular formula is C23H26Cl2N2O2. The Balaban J connectivity index is 0.00000240. The topological polar surface area (TPSA) is 36.3 Å². The van der Waals surface area contributed by atoms with E-state index in [1.54, 1.807) is 0 Å². The highest BCUT2D eigenvalue weighted by atomic mass is 35.5. The Labute approximate surface area is 183 Å². The Morgan fingerprint density at radius 3 is 2.86 bits per heavy atom. The Kier molecular flexibility index (Phi) is 7.45. The molecule has 29 heavy (non-hydrogen) atoms. The smallest absolute Gasteiger partial charge is 0.212 e. The molecular weight excluding hydrogens is 407 g/mol. The Morgan fingerprint density at radius 2 is 2.03 bits per heavy atom. The van der Waals surface area contributed by atoms with E-state index in [4.69, 9.17) is 26.2 Å². The second kappa shape index (κ2) is 10.0. The number of hydrogen-bond donors (Lipinski definition) is 0. The van der Waals surface area contributed by atoms with Crippen molar-refractivity contribution in [1.82, 2.24) is 9.78 Å². The van der Waals surface area contributed by atoms with Gasteiger partial charge in [-0.1, -0.05) is 55.3 Å². The molecule has 0 aliphatic carbocycles. The summed E-state index contributed by atoms with van der Waals surface area (Å²) in [6, 6.07) is 18.1. The molecule has 4 nitrogen and oxygen atoms in total. The lowest BCUT2D eigenvalue weighted by atomic mass is 10.0. The quantitative estimate of drug-likeness (QED) is 0.467. The molecule has 154 valence electrons. The zero-order valence-corrected chi connectivity index (χ0v) is 18.1. The zero-order chi connectivity index (χ0) is 19.3. The molecule has 1 atom stereocenters. The largest absolute Gasteiger partial charge is 0.488 e. The summed E-state index contributed by atoms with van der Waals surface area (Å²) in [5.74, 6) is 1.77. The molecule has 0 saturated carbocycles. The van der Waals surface area contributed by atoms with Crippen molar-refractivity contribution < 1.29 is 9.47 Å². The van der Waals surface area contributed by atoms with Crippen LogP contribution in [0.4, 0.5) is 0 Å². The molecule has 0 spiro atoms. The second-order valence-corrected chi connectivity index (χ2v) is 7.65. The van der Waals surface area contributed by atoms with Crippen molar-refractivity contribution in [3.8, 4) is 11.6 Å². The van der Waals surface area contributed by atoms with Crippen LogP contribution < -0.4 is 9.47 Å². The van der Waals surface area contributed by atoms with Crippen LogP contribution in [0.2, 0.25) is 5.02 Å². The molecule has 0 bridgehead atoms. The molecule has 0 radical (unpaired) electrons. The van der Waals surface area contributed by atoms with Gasteiger partial charge in [-0.25, -0.2) is 4.68 Å². The zero-order valence-electron chi connectivity index (χ0n) is 16.5. The lowest BCUT2D eigenvalue weighted by Gasteiger charge is -2.26. The summed E-state index contributed by atoms with van der Waals surface area (Å²) in [4.78, 5) is 0. The molecule has 0 N–H and O–H groups in total. The molecule has 1 unspecified atom stereocenters. The third-order valence-electron chi connectivity index (χ3n) is 4.95. The van der Waals surface area contributed by atoms with Crippen LogP contribution in [0.15, 0.2) is 54.6 Å². The third-order valence-corrected chi connectivity index (χ3v) is 5.19. The number of ether oxygens (including phenoxy) is 2. The van der Waals surface area contributed by atoms with Crippen LogP contribution in [-0.2, 0) is 26.0 Å². The van der Waals surface area contributed by atoms with Gasteiger partial charge in [0.2, 0.25) is 5.88 Å². The van der Waals surface area contributed by atoms with Crippen molar-refractivity contribution >= 4 is 24.0 Å². The monoisotopic (exact) mass is 432 g/mol. The van der Waals surface area contributed by atoms with Gasteiger partial charge in [-0.2, -0.15) is 5.10 Å². The number of benzene rings is 2. The van der Waals surface area contributed by atoms with Gasteiger partial charge in [0, 0.05) is 11.1 Å². The predicted molar refractivity (Wildman–Crippen MR) is 118 cm³/mol. The van der Waals surface area contributed by atoms with Crippen LogP contribution in [0.5, 0.6) is 11.6 Å². The van der Waals surface area contributed by atoms with Crippen LogP contribution >= 0.6 is 24.0 Å². The molecule has 2 aromatic carbocycles. The SMILES string of the molecule is CCCc1cc(OCc2cccc(Cl)c2)n(CC2CCc3ccccc3O2)n1.Cl. The van der Waals surface area contributed by atoms with Crippen LogP contribution in [0.1, 0.15) is 36.6 Å². The minimum Gasteiger partial charge on any atom is -0.488 e.